The Bertz CT molecular complexity index is 1220. The number of aliphatic hydroxyl groups is 2. The summed E-state index contributed by atoms with van der Waals surface area (Å²) in [7, 11) is 1.34. The van der Waals surface area contributed by atoms with Crippen molar-refractivity contribution in [1.29, 1.82) is 0 Å². The van der Waals surface area contributed by atoms with Crippen molar-refractivity contribution in [2.24, 2.45) is 0 Å². The lowest BCUT2D eigenvalue weighted by Gasteiger charge is -2.24. The molecule has 0 saturated carbocycles. The number of rotatable bonds is 36. The Labute approximate surface area is 339 Å². The number of unbranched alkanes of at least 4 members (excludes halogenated alkanes) is 11. The lowest BCUT2D eigenvalue weighted by molar-refractivity contribution is -0.870. The number of hydrogen-bond acceptors (Lipinski definition) is 9. The molecule has 0 fully saturated rings. The average molecular weight is 811 g/mol. The van der Waals surface area contributed by atoms with Crippen LogP contribution in [0, 0.1) is 0 Å². The van der Waals surface area contributed by atoms with Gasteiger partial charge in [-0.3, -0.25) is 18.6 Å². The van der Waals surface area contributed by atoms with Gasteiger partial charge in [0.1, 0.15) is 19.8 Å². The first-order valence-corrected chi connectivity index (χ1v) is 22.4. The smallest absolute Gasteiger partial charge is 0.462 e. The summed E-state index contributed by atoms with van der Waals surface area (Å²) in [6.45, 7) is 3.97. The van der Waals surface area contributed by atoms with Crippen molar-refractivity contribution in [3.63, 3.8) is 0 Å². The molecule has 0 saturated heterocycles. The van der Waals surface area contributed by atoms with Crippen LogP contribution in [0.2, 0.25) is 0 Å². The molecule has 3 N–H and O–H groups in total. The molecule has 0 aromatic heterocycles. The molecule has 0 aliphatic carbocycles. The molecule has 0 rings (SSSR count). The highest BCUT2D eigenvalue weighted by molar-refractivity contribution is 7.47. The Hall–Kier alpha value is -2.63. The van der Waals surface area contributed by atoms with Gasteiger partial charge >= 0.3 is 19.8 Å². The summed E-state index contributed by atoms with van der Waals surface area (Å²) in [5.74, 6) is -0.989. The van der Waals surface area contributed by atoms with Gasteiger partial charge in [-0.2, -0.15) is 0 Å². The zero-order chi connectivity index (χ0) is 41.8. The summed E-state index contributed by atoms with van der Waals surface area (Å²) < 4.78 is 34.0. The third kappa shape index (κ3) is 38.3. The maximum absolute atomic E-state index is 12.7. The second-order valence-corrected chi connectivity index (χ2v) is 16.5. The largest absolute Gasteiger partial charge is 0.472 e. The number of esters is 2. The van der Waals surface area contributed by atoms with Crippen LogP contribution in [-0.4, -0.2) is 97.3 Å². The van der Waals surface area contributed by atoms with E-state index in [0.717, 1.165) is 25.7 Å². The minimum atomic E-state index is -4.43. The quantitative estimate of drug-likeness (QED) is 0.0140. The Morgan fingerprint density at radius 1 is 0.679 bits per heavy atom. The molecular weight excluding hydrogens is 733 g/mol. The van der Waals surface area contributed by atoms with Crippen molar-refractivity contribution in [2.45, 2.75) is 148 Å². The number of ether oxygens (including phenoxy) is 2. The first-order valence-electron chi connectivity index (χ1n) is 20.9. The third-order valence-electron chi connectivity index (χ3n) is 8.43. The number of phosphoric acid groups is 1. The molecule has 0 radical (unpaired) electrons. The van der Waals surface area contributed by atoms with Crippen molar-refractivity contribution in [3.8, 4) is 0 Å². The molecule has 4 atom stereocenters. The van der Waals surface area contributed by atoms with Gasteiger partial charge in [0.15, 0.2) is 6.10 Å². The molecule has 1 unspecified atom stereocenters. The molecule has 0 aromatic carbocycles. The Kier molecular flexibility index (Phi) is 33.9. The highest BCUT2D eigenvalue weighted by Gasteiger charge is 2.27. The number of aliphatic hydroxyl groups excluding tert-OH is 2. The topological polar surface area (TPSA) is 149 Å². The molecule has 0 bridgehead atoms. The van der Waals surface area contributed by atoms with Crippen molar-refractivity contribution in [1.82, 2.24) is 0 Å². The molecule has 0 amide bonds. The zero-order valence-electron chi connectivity index (χ0n) is 35.3. The third-order valence-corrected chi connectivity index (χ3v) is 9.41. The van der Waals surface area contributed by atoms with Gasteiger partial charge in [-0.05, 0) is 38.5 Å². The number of hydrogen-bond donors (Lipinski definition) is 3. The van der Waals surface area contributed by atoms with Crippen molar-refractivity contribution >= 4 is 19.8 Å². The Morgan fingerprint density at radius 3 is 1.91 bits per heavy atom. The van der Waals surface area contributed by atoms with E-state index in [1.54, 1.807) is 30.4 Å². The molecular formula is C44H77NO10P+. The number of likely N-dealkylation sites (N-methyl/N-ethyl adjacent to an activating group) is 1. The van der Waals surface area contributed by atoms with Crippen LogP contribution in [0.5, 0.6) is 0 Å². The number of phosphoric ester groups is 1. The summed E-state index contributed by atoms with van der Waals surface area (Å²) >= 11 is 0. The summed E-state index contributed by atoms with van der Waals surface area (Å²) in [5, 5.41) is 20.0. The molecule has 0 aliphatic heterocycles. The van der Waals surface area contributed by atoms with E-state index in [0.29, 0.717) is 43.1 Å². The van der Waals surface area contributed by atoms with E-state index in [1.165, 1.54) is 44.9 Å². The van der Waals surface area contributed by atoms with Crippen molar-refractivity contribution in [3.05, 3.63) is 72.9 Å². The van der Waals surface area contributed by atoms with Crippen molar-refractivity contribution in [2.75, 3.05) is 47.5 Å². The van der Waals surface area contributed by atoms with E-state index >= 15 is 0 Å². The minimum absolute atomic E-state index is 0.00894. The fraction of sp³-hybridized carbons (Fsp3) is 0.682. The molecule has 56 heavy (non-hydrogen) atoms. The SMILES string of the molecule is CC/C=C\C[C@H](O)/C=C/C=C\C/C=C\C=C\[C@H](O)/C=C\CCCC(=O)O[C@H](COC(=O)CCCCCCCCCCCCC)COP(=O)(O)OCC[N+](C)(C)C. The maximum atomic E-state index is 12.7. The van der Waals surface area contributed by atoms with E-state index in [4.69, 9.17) is 18.5 Å². The van der Waals surface area contributed by atoms with E-state index in [-0.39, 0.29) is 26.1 Å². The van der Waals surface area contributed by atoms with Gasteiger partial charge in [-0.1, -0.05) is 151 Å². The first-order chi connectivity index (χ1) is 26.8. The monoisotopic (exact) mass is 811 g/mol. The Morgan fingerprint density at radius 2 is 1.29 bits per heavy atom. The van der Waals surface area contributed by atoms with Crippen LogP contribution in [0.1, 0.15) is 129 Å². The molecule has 11 nitrogen and oxygen atoms in total. The van der Waals surface area contributed by atoms with Gasteiger partial charge in [0.2, 0.25) is 0 Å². The minimum Gasteiger partial charge on any atom is -0.462 e. The zero-order valence-corrected chi connectivity index (χ0v) is 36.2. The van der Waals surface area contributed by atoms with Crippen molar-refractivity contribution < 1.29 is 52.3 Å². The second kappa shape index (κ2) is 35.5. The standard InChI is InChI=1S/C44H76NO10P/c1-6-8-10-11-12-13-14-15-19-22-28-34-43(48)52-38-42(39-54-56(50,51)53-37-36-45(3,4)5)55-44(49)35-29-23-27-33-41(47)32-26-21-18-16-17-20-25-31-40(46)30-24-9-7-2/h9,17-18,20-21,24-27,31-33,40-42,46-47H,6-8,10-16,19,22-23,28-30,34-39H2,1-5H3/p+1/b20-17-,21-18-,24-9-,31-25+,32-26+,33-27-/t40-,41-,42+/m0/s1. The van der Waals surface area contributed by atoms with Gasteiger partial charge in [-0.25, -0.2) is 4.57 Å². The van der Waals surface area contributed by atoms with Crippen LogP contribution in [-0.2, 0) is 32.7 Å². The van der Waals surface area contributed by atoms with Crippen LogP contribution < -0.4 is 0 Å². The van der Waals surface area contributed by atoms with E-state index in [1.807, 2.05) is 63.7 Å². The number of carbonyl (C=O) groups is 2. The maximum Gasteiger partial charge on any atom is 0.472 e. The number of allylic oxidation sites excluding steroid dienone is 8. The fourth-order valence-corrected chi connectivity index (χ4v) is 5.85. The van der Waals surface area contributed by atoms with Crippen LogP contribution in [0.3, 0.4) is 0 Å². The molecule has 0 spiro atoms. The summed E-state index contributed by atoms with van der Waals surface area (Å²) in [4.78, 5) is 35.2. The first kappa shape index (κ1) is 53.4. The van der Waals surface area contributed by atoms with Crippen LogP contribution in [0.4, 0.5) is 0 Å². The second-order valence-electron chi connectivity index (χ2n) is 15.0. The number of quaternary nitrogens is 1. The van der Waals surface area contributed by atoms with Crippen LogP contribution in [0.25, 0.3) is 0 Å². The van der Waals surface area contributed by atoms with Gasteiger partial charge in [0.05, 0.1) is 40.0 Å². The lowest BCUT2D eigenvalue weighted by Crippen LogP contribution is -2.37. The molecule has 322 valence electrons. The van der Waals surface area contributed by atoms with Gasteiger partial charge in [0.25, 0.3) is 0 Å². The summed E-state index contributed by atoms with van der Waals surface area (Å²) in [6.07, 6.45) is 36.0. The predicted octanol–water partition coefficient (Wildman–Crippen LogP) is 9.40. The van der Waals surface area contributed by atoms with Crippen LogP contribution in [0.15, 0.2) is 72.9 Å². The summed E-state index contributed by atoms with van der Waals surface area (Å²) in [6, 6.07) is 0. The lowest BCUT2D eigenvalue weighted by atomic mass is 10.1. The fourth-order valence-electron chi connectivity index (χ4n) is 5.11. The molecule has 0 aliphatic rings. The van der Waals surface area contributed by atoms with Crippen LogP contribution >= 0.6 is 7.82 Å². The normalized spacial score (nSPS) is 15.5. The number of nitrogens with zero attached hydrogens (tertiary/aromatic N) is 1. The van der Waals surface area contributed by atoms with Gasteiger partial charge in [0, 0.05) is 12.8 Å². The molecule has 0 aromatic rings. The van der Waals surface area contributed by atoms with E-state index in [2.05, 4.69) is 13.8 Å². The van der Waals surface area contributed by atoms with E-state index in [9.17, 15) is 29.3 Å². The average Bonchev–Trinajstić information content (AvgIpc) is 3.13. The highest BCUT2D eigenvalue weighted by atomic mass is 31.2. The van der Waals surface area contributed by atoms with E-state index < -0.39 is 44.7 Å². The summed E-state index contributed by atoms with van der Waals surface area (Å²) in [5.41, 5.74) is 0. The van der Waals surface area contributed by atoms with Gasteiger partial charge in [-0.15, -0.1) is 0 Å². The molecule has 0 heterocycles. The predicted molar refractivity (Wildman–Crippen MR) is 227 cm³/mol. The molecule has 12 heteroatoms. The Balaban J connectivity index is 4.67. The highest BCUT2D eigenvalue weighted by Crippen LogP contribution is 2.43. The number of carbonyl (C=O) groups excluding carboxylic acids is 2. The van der Waals surface area contributed by atoms with Gasteiger partial charge < -0.3 is 29.1 Å².